The van der Waals surface area contributed by atoms with Crippen molar-refractivity contribution in [3.05, 3.63) is 71.8 Å². The van der Waals surface area contributed by atoms with Crippen LogP contribution in [-0.4, -0.2) is 97.6 Å². The van der Waals surface area contributed by atoms with Gasteiger partial charge < -0.3 is 35.1 Å². The Bertz CT molecular complexity index is 1250. The first-order valence-electron chi connectivity index (χ1n) is 16.2. The monoisotopic (exact) mass is 670 g/mol. The summed E-state index contributed by atoms with van der Waals surface area (Å²) in [4.78, 5) is 30.5. The second kappa shape index (κ2) is 18.1. The third-order valence-corrected chi connectivity index (χ3v) is 10.3. The summed E-state index contributed by atoms with van der Waals surface area (Å²) in [5, 5.41) is 9.59. The molecule has 46 heavy (non-hydrogen) atoms. The van der Waals surface area contributed by atoms with Crippen LogP contribution in [0.5, 0.6) is 0 Å². The minimum atomic E-state index is -0.619. The van der Waals surface area contributed by atoms with Crippen molar-refractivity contribution < 1.29 is 23.8 Å². The van der Waals surface area contributed by atoms with Crippen molar-refractivity contribution >= 4 is 40.8 Å². The Labute approximate surface area is 283 Å². The summed E-state index contributed by atoms with van der Waals surface area (Å²) in [6, 6.07) is 18.6. The Hall–Kier alpha value is -2.54. The van der Waals surface area contributed by atoms with E-state index in [9.17, 15) is 9.59 Å². The average Bonchev–Trinajstić information content (AvgIpc) is 3.25. The molecule has 2 fully saturated rings. The van der Waals surface area contributed by atoms with Gasteiger partial charge >= 0.3 is 0 Å². The van der Waals surface area contributed by atoms with Gasteiger partial charge in [0, 0.05) is 0 Å². The van der Waals surface area contributed by atoms with E-state index in [2.05, 4.69) is 41.9 Å². The Kier molecular flexibility index (Phi) is 14.3. The highest BCUT2D eigenvalue weighted by Gasteiger charge is 2.54. The molecular formula is C35H50N4O5S2. The first-order chi connectivity index (χ1) is 22.2. The number of likely N-dealkylation sites (N-methyl/N-ethyl adjacent to an activating group) is 1. The van der Waals surface area contributed by atoms with Gasteiger partial charge in [-0.15, -0.1) is 11.8 Å². The second-order valence-electron chi connectivity index (χ2n) is 12.5. The molecule has 11 heteroatoms. The molecule has 5 atom stereocenters. The van der Waals surface area contributed by atoms with Gasteiger partial charge in [-0.2, -0.15) is 0 Å². The summed E-state index contributed by atoms with van der Waals surface area (Å²) in [6.07, 6.45) is 2.27. The fourth-order valence-electron chi connectivity index (χ4n) is 5.91. The molecule has 0 unspecified atom stereocenters. The Morgan fingerprint density at radius 2 is 1.63 bits per heavy atom. The molecule has 0 spiro atoms. The molecule has 2 aromatic carbocycles. The van der Waals surface area contributed by atoms with Crippen LogP contribution >= 0.6 is 24.0 Å². The summed E-state index contributed by atoms with van der Waals surface area (Å²) in [5.41, 5.74) is 1.79. The van der Waals surface area contributed by atoms with E-state index in [1.807, 2.05) is 67.4 Å². The van der Waals surface area contributed by atoms with E-state index in [4.69, 9.17) is 26.4 Å². The number of rotatable bonds is 17. The molecule has 3 N–H and O–H groups in total. The summed E-state index contributed by atoms with van der Waals surface area (Å²) >= 11 is 7.31. The molecule has 2 aliphatic heterocycles. The number of carbonyl (C=O) groups excluding carboxylic acids is 2. The maximum atomic E-state index is 14.1. The normalized spacial score (nSPS) is 22.0. The van der Waals surface area contributed by atoms with E-state index in [-0.39, 0.29) is 35.9 Å². The molecule has 2 aliphatic rings. The van der Waals surface area contributed by atoms with Gasteiger partial charge in [0.2, 0.25) is 11.8 Å². The minimum Gasteiger partial charge on any atom is -0.379 e. The third kappa shape index (κ3) is 10.2. The number of amides is 2. The van der Waals surface area contributed by atoms with Gasteiger partial charge in [-0.25, -0.2) is 0 Å². The topological polar surface area (TPSA) is 101 Å². The van der Waals surface area contributed by atoms with Crippen LogP contribution in [0.2, 0.25) is 0 Å². The lowest BCUT2D eigenvalue weighted by molar-refractivity contribution is -0.142. The van der Waals surface area contributed by atoms with Crippen LogP contribution in [0.3, 0.4) is 0 Å². The smallest absolute Gasteiger partial charge is 0.246 e. The number of ether oxygens (including phenoxy) is 3. The van der Waals surface area contributed by atoms with Gasteiger partial charge in [0.25, 0.3) is 0 Å². The lowest BCUT2D eigenvalue weighted by Gasteiger charge is -2.35. The highest BCUT2D eigenvalue weighted by molar-refractivity contribution is 7.99. The number of fused-ring (bicyclic) bond motifs is 1. The summed E-state index contributed by atoms with van der Waals surface area (Å²) in [7, 11) is 1.84. The lowest BCUT2D eigenvalue weighted by Crippen LogP contribution is -2.58. The largest absolute Gasteiger partial charge is 0.379 e. The van der Waals surface area contributed by atoms with Gasteiger partial charge in [-0.3, -0.25) is 9.59 Å². The summed E-state index contributed by atoms with van der Waals surface area (Å²) in [5.74, 6) is 0.572. The molecule has 2 amide bonds. The van der Waals surface area contributed by atoms with Crippen molar-refractivity contribution in [2.75, 3.05) is 52.4 Å². The van der Waals surface area contributed by atoms with Crippen LogP contribution in [0.25, 0.3) is 0 Å². The SMILES string of the molecule is CN[C@@H](C)C(=S)N[C@H]1CCS[C@H]2CC(C)(C)[C@@H](C(=O)N[C@H](COCCOCCOCCc3ccccc3)c3ccccc3)N2C1=O. The Balaban J connectivity index is 1.30. The van der Waals surface area contributed by atoms with Crippen LogP contribution < -0.4 is 16.0 Å². The van der Waals surface area contributed by atoms with E-state index in [1.54, 1.807) is 11.8 Å². The standard InChI is InChI=1S/C35H50N4O5S2/c1-25(36-4)33(45)38-28-16-22-46-30-23-35(2,3)31(39(30)34(28)41)32(40)37-29(27-13-9-6-10-14-27)24-44-21-20-43-19-18-42-17-15-26-11-7-5-8-12-26/h5-14,25,28-31,36H,15-24H2,1-4H3,(H,37,40)(H,38,45)/t25-,28-,29+,30-,31+/m0/s1. The molecule has 0 aliphatic carbocycles. The van der Waals surface area contributed by atoms with Crippen LogP contribution in [0.4, 0.5) is 0 Å². The zero-order valence-electron chi connectivity index (χ0n) is 27.5. The highest BCUT2D eigenvalue weighted by Crippen LogP contribution is 2.46. The van der Waals surface area contributed by atoms with Crippen molar-refractivity contribution in [1.29, 1.82) is 0 Å². The number of benzene rings is 2. The Morgan fingerprint density at radius 3 is 2.30 bits per heavy atom. The first-order valence-corrected chi connectivity index (χ1v) is 17.7. The van der Waals surface area contributed by atoms with Crippen LogP contribution in [0.1, 0.15) is 50.8 Å². The predicted octanol–water partition coefficient (Wildman–Crippen LogP) is 4.12. The van der Waals surface area contributed by atoms with E-state index < -0.39 is 17.5 Å². The lowest BCUT2D eigenvalue weighted by atomic mass is 9.83. The van der Waals surface area contributed by atoms with Crippen molar-refractivity contribution in [1.82, 2.24) is 20.9 Å². The molecule has 2 heterocycles. The van der Waals surface area contributed by atoms with Gasteiger partial charge in [0.15, 0.2) is 0 Å². The van der Waals surface area contributed by atoms with E-state index >= 15 is 0 Å². The van der Waals surface area contributed by atoms with E-state index in [0.29, 0.717) is 44.4 Å². The molecule has 2 saturated heterocycles. The Morgan fingerprint density at radius 1 is 1.00 bits per heavy atom. The molecule has 0 aromatic heterocycles. The van der Waals surface area contributed by atoms with E-state index in [0.717, 1.165) is 24.2 Å². The van der Waals surface area contributed by atoms with Gasteiger partial charge in [0.1, 0.15) is 12.1 Å². The van der Waals surface area contributed by atoms with Crippen LogP contribution in [-0.2, 0) is 30.2 Å². The number of hydrogen-bond donors (Lipinski definition) is 3. The van der Waals surface area contributed by atoms with E-state index in [1.165, 1.54) is 5.56 Å². The number of carbonyl (C=O) groups is 2. The maximum Gasteiger partial charge on any atom is 0.246 e. The number of nitrogens with zero attached hydrogens (tertiary/aromatic N) is 1. The molecule has 252 valence electrons. The molecule has 4 rings (SSSR count). The van der Waals surface area contributed by atoms with Gasteiger partial charge in [-0.05, 0) is 55.5 Å². The van der Waals surface area contributed by atoms with Crippen molar-refractivity contribution in [3.63, 3.8) is 0 Å². The highest BCUT2D eigenvalue weighted by atomic mass is 32.2. The van der Waals surface area contributed by atoms with Crippen LogP contribution in [0.15, 0.2) is 60.7 Å². The van der Waals surface area contributed by atoms with Crippen molar-refractivity contribution in [3.8, 4) is 0 Å². The fourth-order valence-corrected chi connectivity index (χ4v) is 7.75. The summed E-state index contributed by atoms with van der Waals surface area (Å²) in [6.45, 7) is 8.89. The predicted molar refractivity (Wildman–Crippen MR) is 188 cm³/mol. The van der Waals surface area contributed by atoms with Crippen LogP contribution in [0, 0.1) is 5.41 Å². The number of nitrogens with one attached hydrogen (secondary N) is 3. The quantitative estimate of drug-likeness (QED) is 0.170. The molecule has 9 nitrogen and oxygen atoms in total. The molecule has 0 saturated carbocycles. The average molecular weight is 671 g/mol. The second-order valence-corrected chi connectivity index (χ2v) is 14.3. The third-order valence-electron chi connectivity index (χ3n) is 8.61. The number of hydrogen-bond acceptors (Lipinski definition) is 8. The maximum absolute atomic E-state index is 14.1. The zero-order chi connectivity index (χ0) is 32.9. The number of thioether (sulfide) groups is 1. The minimum absolute atomic E-state index is 0.0566. The number of thiocarbonyl (C=S) groups is 1. The first kappa shape index (κ1) is 36.3. The van der Waals surface area contributed by atoms with Crippen molar-refractivity contribution in [2.24, 2.45) is 5.41 Å². The van der Waals surface area contributed by atoms with Gasteiger partial charge in [0.05, 0.1) is 62.1 Å². The summed E-state index contributed by atoms with van der Waals surface area (Å²) < 4.78 is 17.4. The van der Waals surface area contributed by atoms with Crippen molar-refractivity contribution in [2.45, 2.75) is 69.6 Å². The zero-order valence-corrected chi connectivity index (χ0v) is 29.2. The molecule has 2 aromatic rings. The molecule has 0 bridgehead atoms. The fraction of sp³-hybridized carbons (Fsp3) is 0.571. The van der Waals surface area contributed by atoms with Gasteiger partial charge in [-0.1, -0.05) is 86.7 Å². The molecule has 0 radical (unpaired) electrons. The molecular weight excluding hydrogens is 621 g/mol.